The predicted octanol–water partition coefficient (Wildman–Crippen LogP) is 2.41. The van der Waals surface area contributed by atoms with Crippen LogP contribution in [-0.2, 0) is 7.05 Å². The van der Waals surface area contributed by atoms with Crippen LogP contribution in [0.15, 0.2) is 17.8 Å². The smallest absolute Gasteiger partial charge is 0.192 e. The Morgan fingerprint density at radius 3 is 2.80 bits per heavy atom. The number of aryl methyl sites for hydroxylation is 2. The first kappa shape index (κ1) is 10.1. The van der Waals surface area contributed by atoms with Crippen molar-refractivity contribution in [2.24, 2.45) is 7.05 Å². The van der Waals surface area contributed by atoms with E-state index in [1.54, 1.807) is 4.68 Å². The monoisotopic (exact) mass is 204 g/mol. The van der Waals surface area contributed by atoms with Crippen LogP contribution >= 0.6 is 0 Å². The van der Waals surface area contributed by atoms with E-state index in [-0.39, 0.29) is 5.78 Å². The van der Waals surface area contributed by atoms with E-state index in [0.29, 0.717) is 0 Å². The minimum Gasteiger partial charge on any atom is -0.289 e. The van der Waals surface area contributed by atoms with E-state index in [1.165, 1.54) is 6.42 Å². The minimum absolute atomic E-state index is 0.167. The maximum atomic E-state index is 12.1. The molecule has 0 unspecified atom stereocenters. The van der Waals surface area contributed by atoms with Crippen LogP contribution < -0.4 is 0 Å². The Labute approximate surface area is 89.8 Å². The number of ketones is 1. The van der Waals surface area contributed by atoms with E-state index in [1.807, 2.05) is 20.2 Å². The van der Waals surface area contributed by atoms with E-state index < -0.39 is 0 Å². The lowest BCUT2D eigenvalue weighted by molar-refractivity contribution is 0.102. The molecule has 1 aliphatic rings. The largest absolute Gasteiger partial charge is 0.289 e. The van der Waals surface area contributed by atoms with E-state index in [0.717, 1.165) is 36.1 Å². The maximum Gasteiger partial charge on any atom is 0.192 e. The average molecular weight is 204 g/mol. The topological polar surface area (TPSA) is 34.9 Å². The summed E-state index contributed by atoms with van der Waals surface area (Å²) in [6, 6.07) is 0. The molecule has 15 heavy (non-hydrogen) atoms. The van der Waals surface area contributed by atoms with Crippen LogP contribution in [-0.4, -0.2) is 15.6 Å². The molecule has 0 fully saturated rings. The quantitative estimate of drug-likeness (QED) is 0.693. The van der Waals surface area contributed by atoms with Crippen molar-refractivity contribution in [2.75, 3.05) is 0 Å². The molecule has 0 N–H and O–H groups in total. The number of nitrogens with zero attached hydrogens (tertiary/aromatic N) is 2. The van der Waals surface area contributed by atoms with Gasteiger partial charge in [-0.25, -0.2) is 0 Å². The van der Waals surface area contributed by atoms with E-state index in [4.69, 9.17) is 0 Å². The van der Waals surface area contributed by atoms with Gasteiger partial charge < -0.3 is 0 Å². The van der Waals surface area contributed by atoms with Crippen molar-refractivity contribution in [1.82, 2.24) is 9.78 Å². The zero-order chi connectivity index (χ0) is 10.8. The van der Waals surface area contributed by atoms with Crippen LogP contribution in [0.3, 0.4) is 0 Å². The van der Waals surface area contributed by atoms with Crippen molar-refractivity contribution < 1.29 is 4.79 Å². The van der Waals surface area contributed by atoms with Gasteiger partial charge in [-0.2, -0.15) is 5.10 Å². The highest BCUT2D eigenvalue weighted by Crippen LogP contribution is 2.22. The van der Waals surface area contributed by atoms with Crippen molar-refractivity contribution in [1.29, 1.82) is 0 Å². The zero-order valence-electron chi connectivity index (χ0n) is 9.29. The third-order valence-electron chi connectivity index (χ3n) is 2.84. The molecule has 0 amide bonds. The number of aromatic nitrogens is 2. The molecule has 0 aromatic carbocycles. The van der Waals surface area contributed by atoms with Crippen molar-refractivity contribution in [3.63, 3.8) is 0 Å². The Hall–Kier alpha value is -1.38. The van der Waals surface area contributed by atoms with Crippen LogP contribution in [0.2, 0.25) is 0 Å². The molecule has 0 saturated heterocycles. The van der Waals surface area contributed by atoms with Gasteiger partial charge in [-0.1, -0.05) is 6.08 Å². The zero-order valence-corrected chi connectivity index (χ0v) is 9.29. The second kappa shape index (κ2) is 4.01. The summed E-state index contributed by atoms with van der Waals surface area (Å²) < 4.78 is 1.70. The Morgan fingerprint density at radius 1 is 1.47 bits per heavy atom. The fourth-order valence-corrected chi connectivity index (χ4v) is 2.04. The molecule has 0 bridgehead atoms. The maximum absolute atomic E-state index is 12.1. The summed E-state index contributed by atoms with van der Waals surface area (Å²) in [6.07, 6.45) is 8.21. The summed E-state index contributed by atoms with van der Waals surface area (Å²) in [5.41, 5.74) is 2.55. The Morgan fingerprint density at radius 2 is 2.27 bits per heavy atom. The molecule has 1 aromatic rings. The van der Waals surface area contributed by atoms with Gasteiger partial charge in [0.15, 0.2) is 5.78 Å². The number of rotatable bonds is 2. The molecule has 0 aliphatic heterocycles. The lowest BCUT2D eigenvalue weighted by Crippen LogP contribution is -2.06. The number of Topliss-reactive ketones (excluding diaryl/α,β-unsaturated/α-hetero) is 1. The van der Waals surface area contributed by atoms with Gasteiger partial charge in [0.2, 0.25) is 0 Å². The van der Waals surface area contributed by atoms with E-state index in [2.05, 4.69) is 11.2 Å². The third-order valence-corrected chi connectivity index (χ3v) is 2.84. The highest BCUT2D eigenvalue weighted by molar-refractivity contribution is 6.09. The molecular weight excluding hydrogens is 188 g/mol. The van der Waals surface area contributed by atoms with Gasteiger partial charge >= 0.3 is 0 Å². The predicted molar refractivity (Wildman–Crippen MR) is 58.8 cm³/mol. The SMILES string of the molecule is Cc1nn(C)cc1C(=O)C1=CCCCC1. The Bertz CT molecular complexity index is 415. The molecular formula is C12H16N2O. The molecule has 0 spiro atoms. The third kappa shape index (κ3) is 2.01. The van der Waals surface area contributed by atoms with Gasteiger partial charge in [-0.05, 0) is 38.2 Å². The number of hydrogen-bond donors (Lipinski definition) is 0. The summed E-state index contributed by atoms with van der Waals surface area (Å²) in [5.74, 6) is 0.167. The van der Waals surface area contributed by atoms with Crippen LogP contribution in [0.5, 0.6) is 0 Å². The van der Waals surface area contributed by atoms with E-state index >= 15 is 0 Å². The highest BCUT2D eigenvalue weighted by atomic mass is 16.1. The standard InChI is InChI=1S/C12H16N2O/c1-9-11(8-14(2)13-9)12(15)10-6-4-3-5-7-10/h6,8H,3-5,7H2,1-2H3. The fourth-order valence-electron chi connectivity index (χ4n) is 2.04. The number of allylic oxidation sites excluding steroid dienone is 2. The first-order chi connectivity index (χ1) is 7.18. The van der Waals surface area contributed by atoms with Crippen LogP contribution in [0.1, 0.15) is 41.7 Å². The van der Waals surface area contributed by atoms with Gasteiger partial charge in [-0.15, -0.1) is 0 Å². The first-order valence-electron chi connectivity index (χ1n) is 5.42. The molecule has 3 heteroatoms. The summed E-state index contributed by atoms with van der Waals surface area (Å²) in [5, 5.41) is 4.20. The van der Waals surface area contributed by atoms with Crippen molar-refractivity contribution in [3.05, 3.63) is 29.1 Å². The van der Waals surface area contributed by atoms with Crippen molar-refractivity contribution in [3.8, 4) is 0 Å². The van der Waals surface area contributed by atoms with E-state index in [9.17, 15) is 4.79 Å². The van der Waals surface area contributed by atoms with Crippen molar-refractivity contribution in [2.45, 2.75) is 32.6 Å². The normalized spacial score (nSPS) is 16.3. The van der Waals surface area contributed by atoms with Crippen molar-refractivity contribution >= 4 is 5.78 Å². The molecule has 80 valence electrons. The molecule has 0 radical (unpaired) electrons. The molecule has 3 nitrogen and oxygen atoms in total. The van der Waals surface area contributed by atoms with Crippen LogP contribution in [0, 0.1) is 6.92 Å². The van der Waals surface area contributed by atoms with Gasteiger partial charge in [0.1, 0.15) is 0 Å². The van der Waals surface area contributed by atoms with Gasteiger partial charge in [0.05, 0.1) is 11.3 Å². The summed E-state index contributed by atoms with van der Waals surface area (Å²) >= 11 is 0. The fraction of sp³-hybridized carbons (Fsp3) is 0.500. The lowest BCUT2D eigenvalue weighted by Gasteiger charge is -2.10. The Balaban J connectivity index is 2.27. The second-order valence-electron chi connectivity index (χ2n) is 4.11. The first-order valence-corrected chi connectivity index (χ1v) is 5.42. The Kier molecular flexibility index (Phi) is 2.71. The number of hydrogen-bond acceptors (Lipinski definition) is 2. The second-order valence-corrected chi connectivity index (χ2v) is 4.11. The van der Waals surface area contributed by atoms with Gasteiger partial charge in [-0.3, -0.25) is 9.48 Å². The van der Waals surface area contributed by atoms with Crippen LogP contribution in [0.25, 0.3) is 0 Å². The molecule has 1 aliphatic carbocycles. The number of carbonyl (C=O) groups is 1. The highest BCUT2D eigenvalue weighted by Gasteiger charge is 2.18. The summed E-state index contributed by atoms with van der Waals surface area (Å²) in [7, 11) is 1.85. The van der Waals surface area contributed by atoms with Gasteiger partial charge in [0.25, 0.3) is 0 Å². The molecule has 2 rings (SSSR count). The summed E-state index contributed by atoms with van der Waals surface area (Å²) in [6.45, 7) is 1.89. The summed E-state index contributed by atoms with van der Waals surface area (Å²) in [4.78, 5) is 12.1. The molecule has 1 aromatic heterocycles. The number of carbonyl (C=O) groups excluding carboxylic acids is 1. The minimum atomic E-state index is 0.167. The molecule has 0 saturated carbocycles. The molecule has 0 atom stereocenters. The van der Waals surface area contributed by atoms with Crippen LogP contribution in [0.4, 0.5) is 0 Å². The average Bonchev–Trinajstić information content (AvgIpc) is 2.58. The lowest BCUT2D eigenvalue weighted by atomic mass is 9.93. The van der Waals surface area contributed by atoms with Gasteiger partial charge in [0, 0.05) is 13.2 Å². The molecule has 1 heterocycles.